The highest BCUT2D eigenvalue weighted by molar-refractivity contribution is 8.00. The van der Waals surface area contributed by atoms with Crippen LogP contribution in [0.15, 0.2) is 34.3 Å². The minimum atomic E-state index is -0.120. The van der Waals surface area contributed by atoms with Crippen molar-refractivity contribution in [3.63, 3.8) is 0 Å². The Morgan fingerprint density at radius 3 is 2.57 bits per heavy atom. The first-order valence-corrected chi connectivity index (χ1v) is 9.58. The van der Waals surface area contributed by atoms with Crippen molar-refractivity contribution < 1.29 is 9.59 Å². The number of hydrogen-bond acceptors (Lipinski definition) is 7. The lowest BCUT2D eigenvalue weighted by molar-refractivity contribution is -0.114. The molecule has 2 N–H and O–H groups in total. The van der Waals surface area contributed by atoms with E-state index >= 15 is 0 Å². The molecule has 0 bridgehead atoms. The van der Waals surface area contributed by atoms with Gasteiger partial charge in [-0.15, -0.1) is 11.8 Å². The number of nitrogens with zero attached hydrogens (tertiary/aromatic N) is 2. The molecule has 0 radical (unpaired) electrons. The number of aromatic nitrogens is 2. The minimum Gasteiger partial charge on any atom is -0.326 e. The number of amides is 2. The molecule has 0 aliphatic carbocycles. The molecule has 0 saturated carbocycles. The van der Waals surface area contributed by atoms with Gasteiger partial charge in [0.15, 0.2) is 0 Å². The largest absolute Gasteiger partial charge is 0.326 e. The number of rotatable bonds is 7. The van der Waals surface area contributed by atoms with E-state index in [1.165, 1.54) is 30.2 Å². The SMILES string of the molecule is CCSc1nsc(NC(=O)CSc2ccc(NC(C)=O)cc2)n1. The molecule has 0 aliphatic heterocycles. The highest BCUT2D eigenvalue weighted by atomic mass is 32.2. The van der Waals surface area contributed by atoms with E-state index in [4.69, 9.17) is 0 Å². The van der Waals surface area contributed by atoms with Gasteiger partial charge < -0.3 is 5.32 Å². The lowest BCUT2D eigenvalue weighted by atomic mass is 10.3. The predicted octanol–water partition coefficient (Wildman–Crippen LogP) is 3.34. The normalized spacial score (nSPS) is 10.3. The Hall–Kier alpha value is -1.58. The first-order chi connectivity index (χ1) is 11.1. The van der Waals surface area contributed by atoms with E-state index in [0.717, 1.165) is 16.3 Å². The molecular weight excluding hydrogens is 352 g/mol. The predicted molar refractivity (Wildman–Crippen MR) is 96.4 cm³/mol. The van der Waals surface area contributed by atoms with Gasteiger partial charge in [0.05, 0.1) is 5.75 Å². The van der Waals surface area contributed by atoms with Crippen LogP contribution in [0.3, 0.4) is 0 Å². The third kappa shape index (κ3) is 6.20. The molecule has 9 heteroatoms. The second-order valence-electron chi connectivity index (χ2n) is 4.36. The molecule has 0 fully saturated rings. The first-order valence-electron chi connectivity index (χ1n) is 6.83. The summed E-state index contributed by atoms with van der Waals surface area (Å²) in [5.41, 5.74) is 0.737. The Kier molecular flexibility index (Phi) is 6.87. The van der Waals surface area contributed by atoms with Gasteiger partial charge in [0.1, 0.15) is 0 Å². The first kappa shape index (κ1) is 17.8. The average Bonchev–Trinajstić information content (AvgIpc) is 2.93. The second kappa shape index (κ2) is 8.90. The second-order valence-corrected chi connectivity index (χ2v) is 7.39. The third-order valence-electron chi connectivity index (χ3n) is 2.47. The van der Waals surface area contributed by atoms with Crippen molar-refractivity contribution in [2.45, 2.75) is 23.9 Å². The Balaban J connectivity index is 1.80. The quantitative estimate of drug-likeness (QED) is 0.729. The van der Waals surface area contributed by atoms with Crippen molar-refractivity contribution in [2.75, 3.05) is 22.1 Å². The van der Waals surface area contributed by atoms with E-state index in [-0.39, 0.29) is 17.6 Å². The van der Waals surface area contributed by atoms with E-state index in [1.807, 2.05) is 19.1 Å². The fraction of sp³-hybridized carbons (Fsp3) is 0.286. The molecule has 6 nitrogen and oxygen atoms in total. The maximum atomic E-state index is 11.9. The summed E-state index contributed by atoms with van der Waals surface area (Å²) in [6, 6.07) is 7.34. The number of nitrogens with one attached hydrogen (secondary N) is 2. The molecule has 122 valence electrons. The number of carbonyl (C=O) groups is 2. The van der Waals surface area contributed by atoms with Gasteiger partial charge in [0.2, 0.25) is 22.1 Å². The number of thioether (sulfide) groups is 2. The zero-order chi connectivity index (χ0) is 16.7. The van der Waals surface area contributed by atoms with E-state index < -0.39 is 0 Å². The van der Waals surface area contributed by atoms with Crippen LogP contribution in [-0.2, 0) is 9.59 Å². The molecule has 0 atom stereocenters. The van der Waals surface area contributed by atoms with Crippen molar-refractivity contribution in [1.82, 2.24) is 9.36 Å². The van der Waals surface area contributed by atoms with Crippen LogP contribution < -0.4 is 10.6 Å². The summed E-state index contributed by atoms with van der Waals surface area (Å²) in [5.74, 6) is 0.955. The van der Waals surface area contributed by atoms with Crippen LogP contribution in [0.4, 0.5) is 10.8 Å². The van der Waals surface area contributed by atoms with Crippen molar-refractivity contribution in [3.05, 3.63) is 24.3 Å². The van der Waals surface area contributed by atoms with Gasteiger partial charge in [-0.1, -0.05) is 18.7 Å². The zero-order valence-electron chi connectivity index (χ0n) is 12.7. The maximum Gasteiger partial charge on any atom is 0.236 e. The van der Waals surface area contributed by atoms with Gasteiger partial charge in [-0.2, -0.15) is 9.36 Å². The lowest BCUT2D eigenvalue weighted by Gasteiger charge is -2.04. The van der Waals surface area contributed by atoms with E-state index in [2.05, 4.69) is 20.0 Å². The molecular formula is C14H16N4O2S3. The van der Waals surface area contributed by atoms with Gasteiger partial charge >= 0.3 is 0 Å². The monoisotopic (exact) mass is 368 g/mol. The summed E-state index contributed by atoms with van der Waals surface area (Å²) < 4.78 is 4.15. The standard InChI is InChI=1S/C14H16N4O2S3/c1-3-21-14-17-13(23-18-14)16-12(20)8-22-11-6-4-10(5-7-11)15-9(2)19/h4-7H,3,8H2,1-2H3,(H,15,19)(H,16,17,18,20). The van der Waals surface area contributed by atoms with Crippen LogP contribution in [0.25, 0.3) is 0 Å². The van der Waals surface area contributed by atoms with Crippen LogP contribution in [-0.4, -0.2) is 32.7 Å². The molecule has 23 heavy (non-hydrogen) atoms. The smallest absolute Gasteiger partial charge is 0.236 e. The molecule has 0 saturated heterocycles. The summed E-state index contributed by atoms with van der Waals surface area (Å²) in [4.78, 5) is 28.0. The molecule has 0 spiro atoms. The summed E-state index contributed by atoms with van der Waals surface area (Å²) in [6.07, 6.45) is 0. The molecule has 1 aromatic carbocycles. The van der Waals surface area contributed by atoms with Crippen LogP contribution in [0.1, 0.15) is 13.8 Å². The number of anilines is 2. The molecule has 2 amide bonds. The highest BCUT2D eigenvalue weighted by Crippen LogP contribution is 2.22. The molecule has 1 aromatic heterocycles. The fourth-order valence-electron chi connectivity index (χ4n) is 1.59. The Bertz CT molecular complexity index is 673. The highest BCUT2D eigenvalue weighted by Gasteiger charge is 2.08. The molecule has 0 unspecified atom stereocenters. The van der Waals surface area contributed by atoms with Gasteiger partial charge in [0, 0.05) is 29.0 Å². The Labute approximate surface area is 147 Å². The van der Waals surface area contributed by atoms with Crippen LogP contribution in [0.2, 0.25) is 0 Å². The summed E-state index contributed by atoms with van der Waals surface area (Å²) in [5, 5.41) is 6.65. The van der Waals surface area contributed by atoms with E-state index in [9.17, 15) is 9.59 Å². The molecule has 0 aliphatic rings. The van der Waals surface area contributed by atoms with Crippen LogP contribution in [0, 0.1) is 0 Å². The third-order valence-corrected chi connectivity index (χ3v) is 4.96. The summed E-state index contributed by atoms with van der Waals surface area (Å²) in [7, 11) is 0. The maximum absolute atomic E-state index is 11.9. The van der Waals surface area contributed by atoms with Crippen LogP contribution in [0.5, 0.6) is 0 Å². The van der Waals surface area contributed by atoms with E-state index in [0.29, 0.717) is 10.3 Å². The summed E-state index contributed by atoms with van der Waals surface area (Å²) >= 11 is 4.14. The number of benzene rings is 1. The fourth-order valence-corrected chi connectivity index (χ4v) is 3.58. The number of hydrogen-bond donors (Lipinski definition) is 2. The lowest BCUT2D eigenvalue weighted by Crippen LogP contribution is -2.13. The Morgan fingerprint density at radius 2 is 1.91 bits per heavy atom. The average molecular weight is 369 g/mol. The molecule has 2 aromatic rings. The van der Waals surface area contributed by atoms with Gasteiger partial charge in [-0.25, -0.2) is 0 Å². The van der Waals surface area contributed by atoms with Crippen LogP contribution >= 0.6 is 35.1 Å². The number of carbonyl (C=O) groups excluding carboxylic acids is 2. The Morgan fingerprint density at radius 1 is 1.17 bits per heavy atom. The zero-order valence-corrected chi connectivity index (χ0v) is 15.1. The van der Waals surface area contributed by atoms with Gasteiger partial charge in [-0.3, -0.25) is 14.9 Å². The van der Waals surface area contributed by atoms with E-state index in [1.54, 1.807) is 23.9 Å². The molecule has 1 heterocycles. The van der Waals surface area contributed by atoms with Crippen molar-refractivity contribution in [1.29, 1.82) is 0 Å². The van der Waals surface area contributed by atoms with Crippen molar-refractivity contribution >= 4 is 57.7 Å². The molecule has 2 rings (SSSR count). The van der Waals surface area contributed by atoms with Gasteiger partial charge in [-0.05, 0) is 30.0 Å². The minimum absolute atomic E-state index is 0.109. The summed E-state index contributed by atoms with van der Waals surface area (Å²) in [6.45, 7) is 3.49. The van der Waals surface area contributed by atoms with Crippen molar-refractivity contribution in [3.8, 4) is 0 Å². The van der Waals surface area contributed by atoms with Gasteiger partial charge in [0.25, 0.3) is 0 Å². The topological polar surface area (TPSA) is 84.0 Å². The van der Waals surface area contributed by atoms with Crippen molar-refractivity contribution in [2.24, 2.45) is 0 Å².